The first-order chi connectivity index (χ1) is 31.6. The highest BCUT2D eigenvalue weighted by Crippen LogP contribution is 2.66. The minimum Gasteiger partial charge on any atom is -0.331 e. The van der Waals surface area contributed by atoms with Gasteiger partial charge in [0.2, 0.25) is 0 Å². The van der Waals surface area contributed by atoms with Gasteiger partial charge in [0.15, 0.2) is 0 Å². The van der Waals surface area contributed by atoms with E-state index in [4.69, 9.17) is 0 Å². The maximum Gasteiger partial charge on any atom is 0.0936 e. The van der Waals surface area contributed by atoms with Gasteiger partial charge >= 0.3 is 0 Å². The summed E-state index contributed by atoms with van der Waals surface area (Å²) in [4.78, 5) is 2.70. The Morgan fingerprint density at radius 1 is 0.594 bits per heavy atom. The monoisotopic (exact) mass is 827 g/mol. The molecule has 0 aliphatic heterocycles. The van der Waals surface area contributed by atoms with Crippen LogP contribution in [0.3, 0.4) is 0 Å². The maximum atomic E-state index is 3.91. The first-order valence-corrected chi connectivity index (χ1v) is 24.4. The summed E-state index contributed by atoms with van der Waals surface area (Å²) in [5, 5.41) is 0. The van der Waals surface area contributed by atoms with E-state index in [-0.39, 0.29) is 11.5 Å². The number of benzene rings is 6. The number of unbranched alkanes of at least 4 members (excludes halogenated alkanes) is 1. The van der Waals surface area contributed by atoms with Gasteiger partial charge in [-0.2, -0.15) is 0 Å². The third-order valence-electron chi connectivity index (χ3n) is 16.3. The lowest BCUT2D eigenvalue weighted by atomic mass is 9.68. The molecule has 7 aromatic rings. The van der Waals surface area contributed by atoms with Gasteiger partial charge in [-0.3, -0.25) is 0 Å². The summed E-state index contributed by atoms with van der Waals surface area (Å²) >= 11 is 0. The molecule has 6 bridgehead atoms. The molecule has 0 fully saturated rings. The number of allylic oxidation sites excluding steroid dienone is 4. The van der Waals surface area contributed by atoms with Crippen LogP contribution >= 0.6 is 0 Å². The fourth-order valence-corrected chi connectivity index (χ4v) is 13.2. The number of nitrogens with zero attached hydrogens (tertiary/aromatic N) is 1. The number of hydrogen-bond acceptors (Lipinski definition) is 1. The first-order valence-electron chi connectivity index (χ1n) is 24.4. The van der Waals surface area contributed by atoms with Gasteiger partial charge in [0.05, 0.1) is 11.1 Å². The maximum absolute atomic E-state index is 3.91. The van der Waals surface area contributed by atoms with E-state index in [1.807, 2.05) is 0 Å². The van der Waals surface area contributed by atoms with Crippen LogP contribution in [0, 0.1) is 24.0 Å². The van der Waals surface area contributed by atoms with Crippen LogP contribution in [-0.4, -0.2) is 6.04 Å². The van der Waals surface area contributed by atoms with Gasteiger partial charge in [-0.25, -0.2) is 0 Å². The molecule has 5 aliphatic carbocycles. The van der Waals surface area contributed by atoms with Gasteiger partial charge in [0.1, 0.15) is 0 Å². The van der Waals surface area contributed by atoms with Gasteiger partial charge in [0.25, 0.3) is 0 Å². The average Bonchev–Trinajstić information content (AvgIpc) is 3.77. The standard InChI is InChI=1S/C63H57N/c1-5-8-19-41(6-2)40(4)32-33-42(7-3)64(43-34-36-46-53-26-18-27-54-55-28-17-25-52(62(55)56(46)38-43)45-20-9-10-24-51(45)61(53)54)44-35-37-50-49-23-13-16-31-59(49)63(60(50)39-44)57-29-14-11-21-47(57)48-22-12-15-30-58(48)63/h9-18,20-21,23-31,35,37-42,48H,5-8,19,22,32-33H2,1-4H3/t40?,41?,42?,48-,63?/m1/s1. The van der Waals surface area contributed by atoms with Gasteiger partial charge < -0.3 is 4.90 Å². The van der Waals surface area contributed by atoms with E-state index in [1.54, 1.807) is 0 Å². The second-order valence-electron chi connectivity index (χ2n) is 19.3. The Labute approximate surface area is 381 Å². The SMILES string of the molecule is CCCCC(CC)C(C)CCC(CC)N(c1c#cc2c(c1)-c1c3cccc1-c1cccc-2c1-c1ccccc1-3)c1ccc2c(c1)C1(C3=CC=CC[C@@H]3c3ccccc31)c1ccccc1-2. The summed E-state index contributed by atoms with van der Waals surface area (Å²) in [6.07, 6.45) is 16.7. The van der Waals surface area contributed by atoms with Crippen LogP contribution < -0.4 is 4.90 Å². The van der Waals surface area contributed by atoms with E-state index in [9.17, 15) is 0 Å². The van der Waals surface area contributed by atoms with Crippen LogP contribution in [0.25, 0.3) is 66.8 Å². The van der Waals surface area contributed by atoms with Gasteiger partial charge in [-0.15, -0.1) is 0 Å². The van der Waals surface area contributed by atoms with E-state index in [2.05, 4.69) is 196 Å². The Morgan fingerprint density at radius 3 is 2.05 bits per heavy atom. The largest absolute Gasteiger partial charge is 0.331 e. The van der Waals surface area contributed by atoms with Gasteiger partial charge in [0, 0.05) is 28.8 Å². The number of fused-ring (bicyclic) bond motifs is 14. The van der Waals surface area contributed by atoms with Crippen molar-refractivity contribution in [3.8, 4) is 66.8 Å². The minimum atomic E-state index is -0.342. The van der Waals surface area contributed by atoms with Crippen molar-refractivity contribution in [2.24, 2.45) is 11.8 Å². The molecule has 0 saturated carbocycles. The number of rotatable bonds is 12. The second-order valence-corrected chi connectivity index (χ2v) is 19.3. The van der Waals surface area contributed by atoms with Crippen molar-refractivity contribution in [2.75, 3.05) is 4.90 Å². The summed E-state index contributed by atoms with van der Waals surface area (Å²) in [5.74, 6) is 1.80. The number of anilines is 2. The molecule has 7 aromatic carbocycles. The third-order valence-corrected chi connectivity index (χ3v) is 16.3. The Balaban J connectivity index is 1.07. The third kappa shape index (κ3) is 5.57. The molecule has 0 radical (unpaired) electrons. The van der Waals surface area contributed by atoms with Crippen LogP contribution in [0.15, 0.2) is 157 Å². The topological polar surface area (TPSA) is 3.24 Å². The Kier molecular flexibility index (Phi) is 9.46. The molecule has 0 amide bonds. The molecule has 1 spiro atoms. The van der Waals surface area contributed by atoms with E-state index < -0.39 is 0 Å². The molecule has 0 aromatic heterocycles. The molecule has 314 valence electrons. The van der Waals surface area contributed by atoms with Crippen molar-refractivity contribution in [3.63, 3.8) is 0 Å². The highest BCUT2D eigenvalue weighted by molar-refractivity contribution is 6.14. The fraction of sp³-hybridized carbons (Fsp3) is 0.270. The molecule has 0 N–H and O–H groups in total. The summed E-state index contributed by atoms with van der Waals surface area (Å²) in [7, 11) is 0. The normalized spacial score (nSPS) is 18.6. The van der Waals surface area contributed by atoms with Crippen molar-refractivity contribution >= 4 is 11.4 Å². The Hall–Kier alpha value is -6.36. The zero-order valence-corrected chi connectivity index (χ0v) is 37.8. The number of hydrogen-bond donors (Lipinski definition) is 0. The summed E-state index contributed by atoms with van der Waals surface area (Å²) in [6, 6.07) is 59.5. The van der Waals surface area contributed by atoms with E-state index >= 15 is 0 Å². The molecule has 0 saturated heterocycles. The van der Waals surface area contributed by atoms with E-state index in [0.717, 1.165) is 36.4 Å². The first kappa shape index (κ1) is 39.2. The molecule has 4 unspecified atom stereocenters. The van der Waals surface area contributed by atoms with Crippen LogP contribution in [0.2, 0.25) is 0 Å². The lowest BCUT2D eigenvalue weighted by Crippen LogP contribution is -2.32. The summed E-state index contributed by atoms with van der Waals surface area (Å²) < 4.78 is 0. The highest BCUT2D eigenvalue weighted by atomic mass is 15.2. The summed E-state index contributed by atoms with van der Waals surface area (Å²) in [5.41, 5.74) is 24.8. The molecule has 5 atom stereocenters. The quantitative estimate of drug-likeness (QED) is 0.119. The summed E-state index contributed by atoms with van der Waals surface area (Å²) in [6.45, 7) is 9.68. The van der Waals surface area contributed by atoms with E-state index in [0.29, 0.717) is 11.8 Å². The zero-order chi connectivity index (χ0) is 43.1. The van der Waals surface area contributed by atoms with Crippen molar-refractivity contribution in [1.29, 1.82) is 0 Å². The molecule has 64 heavy (non-hydrogen) atoms. The predicted molar refractivity (Wildman–Crippen MR) is 269 cm³/mol. The molecular weight excluding hydrogens is 771 g/mol. The average molecular weight is 828 g/mol. The molecule has 1 heteroatoms. The Morgan fingerprint density at radius 2 is 1.27 bits per heavy atom. The van der Waals surface area contributed by atoms with Gasteiger partial charge in [-0.05, 0) is 145 Å². The van der Waals surface area contributed by atoms with Gasteiger partial charge in [-0.1, -0.05) is 193 Å². The molecular formula is C63H57N. The molecule has 1 nitrogen and oxygen atoms in total. The molecule has 5 aliphatic rings. The van der Waals surface area contributed by atoms with Crippen LogP contribution in [-0.2, 0) is 5.41 Å². The molecule has 12 rings (SSSR count). The van der Waals surface area contributed by atoms with Crippen molar-refractivity contribution in [1.82, 2.24) is 0 Å². The second kappa shape index (κ2) is 15.4. The minimum absolute atomic E-state index is 0.276. The smallest absolute Gasteiger partial charge is 0.0936 e. The Bertz CT molecular complexity index is 3030. The van der Waals surface area contributed by atoms with Crippen molar-refractivity contribution in [3.05, 3.63) is 192 Å². The van der Waals surface area contributed by atoms with Crippen molar-refractivity contribution in [2.45, 2.75) is 96.4 Å². The van der Waals surface area contributed by atoms with Crippen molar-refractivity contribution < 1.29 is 0 Å². The fourth-order valence-electron chi connectivity index (χ4n) is 13.2. The van der Waals surface area contributed by atoms with E-state index in [1.165, 1.54) is 127 Å². The predicted octanol–water partition coefficient (Wildman–Crippen LogP) is 17.1. The van der Waals surface area contributed by atoms with Crippen LogP contribution in [0.4, 0.5) is 11.4 Å². The zero-order valence-electron chi connectivity index (χ0n) is 37.8. The molecule has 0 heterocycles. The van der Waals surface area contributed by atoms with Crippen LogP contribution in [0.5, 0.6) is 0 Å². The lowest BCUT2D eigenvalue weighted by Gasteiger charge is -2.36. The highest BCUT2D eigenvalue weighted by Gasteiger charge is 2.55. The lowest BCUT2D eigenvalue weighted by molar-refractivity contribution is 0.289. The van der Waals surface area contributed by atoms with Crippen LogP contribution in [0.1, 0.15) is 107 Å².